The molecule has 0 spiro atoms. The Labute approximate surface area is 172 Å². The summed E-state index contributed by atoms with van der Waals surface area (Å²) in [5, 5.41) is 4.88. The van der Waals surface area contributed by atoms with E-state index in [9.17, 15) is 0 Å². The zero-order chi connectivity index (χ0) is 20.7. The molecule has 0 saturated carbocycles. The van der Waals surface area contributed by atoms with Gasteiger partial charge in [-0.3, -0.25) is 0 Å². The molecule has 0 amide bonds. The molecule has 0 saturated heterocycles. The zero-order valence-electron chi connectivity index (χ0n) is 18.4. The van der Waals surface area contributed by atoms with Crippen molar-refractivity contribution in [3.63, 3.8) is 0 Å². The van der Waals surface area contributed by atoms with E-state index in [0.717, 1.165) is 11.5 Å². The van der Waals surface area contributed by atoms with Gasteiger partial charge >= 0.3 is 0 Å². The van der Waals surface area contributed by atoms with Crippen molar-refractivity contribution in [2.45, 2.75) is 47.0 Å². The molecular weight excluding hydrogens is 354 g/mol. The van der Waals surface area contributed by atoms with Crippen LogP contribution in [-0.2, 0) is 12.5 Å². The van der Waals surface area contributed by atoms with Crippen LogP contribution >= 0.6 is 0 Å². The summed E-state index contributed by atoms with van der Waals surface area (Å²) in [6.45, 7) is 13.4. The van der Waals surface area contributed by atoms with Crippen LogP contribution in [0.5, 0.6) is 11.5 Å². The summed E-state index contributed by atoms with van der Waals surface area (Å²) in [7, 11) is 2.13. The van der Waals surface area contributed by atoms with E-state index in [2.05, 4.69) is 95.8 Å². The van der Waals surface area contributed by atoms with E-state index < -0.39 is 0 Å². The normalized spacial score (nSPS) is 12.9. The van der Waals surface area contributed by atoms with Crippen molar-refractivity contribution in [2.24, 2.45) is 7.05 Å². The first kappa shape index (κ1) is 18.2. The van der Waals surface area contributed by atoms with Crippen LogP contribution in [0.1, 0.15) is 43.0 Å². The summed E-state index contributed by atoms with van der Waals surface area (Å²) in [6, 6.07) is 13.5. The first-order valence-electron chi connectivity index (χ1n) is 10.3. The number of fused-ring (bicyclic) bond motifs is 4. The number of pyridine rings is 1. The first-order valence-corrected chi connectivity index (χ1v) is 10.3. The van der Waals surface area contributed by atoms with Crippen LogP contribution in [0.25, 0.3) is 32.8 Å². The smallest absolute Gasteiger partial charge is 0.257 e. The second-order valence-electron chi connectivity index (χ2n) is 9.63. The number of hydrogen-bond acceptors (Lipinski definition) is 1. The topological polar surface area (TPSA) is 13.1 Å². The number of hydrogen-bond donors (Lipinski definition) is 0. The van der Waals surface area contributed by atoms with Gasteiger partial charge in [-0.05, 0) is 72.0 Å². The summed E-state index contributed by atoms with van der Waals surface area (Å²) in [5.41, 5.74) is 7.77. The first-order chi connectivity index (χ1) is 13.6. The van der Waals surface area contributed by atoms with Crippen LogP contribution in [-0.4, -0.2) is 0 Å². The number of aromatic nitrogens is 1. The lowest BCUT2D eigenvalue weighted by molar-refractivity contribution is -0.659. The SMILES string of the molecule is Cc1cc2c3c(c(C)c(C)cc3c1)-c1c(c3cc(C(C)(C)C)ccc3c[n+]1C)O2. The molecule has 29 heavy (non-hydrogen) atoms. The fraction of sp³-hybridized carbons (Fsp3) is 0.296. The highest BCUT2D eigenvalue weighted by Crippen LogP contribution is 2.50. The highest BCUT2D eigenvalue weighted by Gasteiger charge is 2.32. The Morgan fingerprint density at radius 1 is 0.897 bits per heavy atom. The van der Waals surface area contributed by atoms with Crippen molar-refractivity contribution in [1.82, 2.24) is 0 Å². The second-order valence-corrected chi connectivity index (χ2v) is 9.63. The van der Waals surface area contributed by atoms with Gasteiger partial charge < -0.3 is 4.74 Å². The number of nitrogens with zero attached hydrogens (tertiary/aromatic N) is 1. The van der Waals surface area contributed by atoms with Gasteiger partial charge in [0.1, 0.15) is 12.8 Å². The third kappa shape index (κ3) is 2.58. The lowest BCUT2D eigenvalue weighted by atomic mass is 9.85. The van der Waals surface area contributed by atoms with E-state index in [1.165, 1.54) is 55.1 Å². The number of benzene rings is 3. The maximum Gasteiger partial charge on any atom is 0.257 e. The molecule has 2 nitrogen and oxygen atoms in total. The molecule has 0 unspecified atom stereocenters. The van der Waals surface area contributed by atoms with E-state index in [1.807, 2.05) is 0 Å². The van der Waals surface area contributed by atoms with Crippen molar-refractivity contribution in [1.29, 1.82) is 0 Å². The molecule has 2 heteroatoms. The maximum absolute atomic E-state index is 6.67. The van der Waals surface area contributed by atoms with Crippen molar-refractivity contribution >= 4 is 21.5 Å². The van der Waals surface area contributed by atoms with Crippen molar-refractivity contribution < 1.29 is 9.30 Å². The van der Waals surface area contributed by atoms with Gasteiger partial charge in [-0.15, -0.1) is 0 Å². The fourth-order valence-corrected chi connectivity index (χ4v) is 4.66. The molecule has 3 aromatic carbocycles. The van der Waals surface area contributed by atoms with Crippen molar-refractivity contribution in [2.75, 3.05) is 0 Å². The number of aryl methyl sites for hydroxylation is 3. The quantitative estimate of drug-likeness (QED) is 0.268. The van der Waals surface area contributed by atoms with Gasteiger partial charge in [-0.1, -0.05) is 39.0 Å². The molecule has 0 fully saturated rings. The monoisotopic (exact) mass is 382 g/mol. The molecule has 1 aromatic heterocycles. The molecule has 2 heterocycles. The molecule has 0 radical (unpaired) electrons. The van der Waals surface area contributed by atoms with Gasteiger partial charge in [0.15, 0.2) is 6.20 Å². The minimum absolute atomic E-state index is 0.0920. The van der Waals surface area contributed by atoms with Gasteiger partial charge in [-0.2, -0.15) is 4.57 Å². The van der Waals surface area contributed by atoms with Crippen LogP contribution in [0.2, 0.25) is 0 Å². The summed E-state index contributed by atoms with van der Waals surface area (Å²) in [4.78, 5) is 0. The molecule has 4 aromatic rings. The molecule has 5 rings (SSSR count). The highest BCUT2D eigenvalue weighted by atomic mass is 16.5. The predicted octanol–water partition coefficient (Wildman–Crippen LogP) is 6.81. The standard InChI is InChI=1S/C27H28NO/c1-15-10-19-12-16(2)17(3)23-24(19)22(11-15)29-26-21-13-20(27(4,5)6)9-8-18(21)14-28(7)25(23)26/h8-14H,1-7H3/q+1. The third-order valence-corrected chi connectivity index (χ3v) is 6.38. The highest BCUT2D eigenvalue weighted by molar-refractivity contribution is 6.07. The van der Waals surface area contributed by atoms with E-state index in [-0.39, 0.29) is 5.41 Å². The van der Waals surface area contributed by atoms with E-state index in [0.29, 0.717) is 0 Å². The molecule has 1 aliphatic heterocycles. The molecule has 0 N–H and O–H groups in total. The zero-order valence-corrected chi connectivity index (χ0v) is 18.4. The Balaban J connectivity index is 1.97. The average molecular weight is 383 g/mol. The number of ether oxygens (including phenoxy) is 1. The van der Waals surface area contributed by atoms with Crippen LogP contribution in [0.3, 0.4) is 0 Å². The summed E-state index contributed by atoms with van der Waals surface area (Å²) in [6.07, 6.45) is 2.23. The Kier molecular flexibility index (Phi) is 3.65. The van der Waals surface area contributed by atoms with Gasteiger partial charge in [0.2, 0.25) is 5.75 Å². The Hall–Kier alpha value is -2.87. The third-order valence-electron chi connectivity index (χ3n) is 6.38. The fourth-order valence-electron chi connectivity index (χ4n) is 4.66. The largest absolute Gasteiger partial charge is 0.449 e. The predicted molar refractivity (Wildman–Crippen MR) is 121 cm³/mol. The van der Waals surface area contributed by atoms with Crippen LogP contribution in [0.4, 0.5) is 0 Å². The Morgan fingerprint density at radius 2 is 1.66 bits per heavy atom. The molecular formula is C27H28NO+. The van der Waals surface area contributed by atoms with Gasteiger partial charge in [0.25, 0.3) is 5.69 Å². The Bertz CT molecular complexity index is 1340. The van der Waals surface area contributed by atoms with Gasteiger partial charge in [0.05, 0.1) is 5.56 Å². The lowest BCUT2D eigenvalue weighted by Gasteiger charge is -2.24. The number of rotatable bonds is 0. The average Bonchev–Trinajstić information content (AvgIpc) is 2.63. The van der Waals surface area contributed by atoms with Gasteiger partial charge in [0, 0.05) is 16.2 Å². The molecule has 0 bridgehead atoms. The minimum atomic E-state index is 0.0920. The van der Waals surface area contributed by atoms with Crippen LogP contribution in [0, 0.1) is 20.8 Å². The van der Waals surface area contributed by atoms with E-state index >= 15 is 0 Å². The van der Waals surface area contributed by atoms with Gasteiger partial charge in [-0.25, -0.2) is 0 Å². The maximum atomic E-state index is 6.67. The lowest BCUT2D eigenvalue weighted by Crippen LogP contribution is -2.32. The molecule has 0 aliphatic carbocycles. The van der Waals surface area contributed by atoms with E-state index in [4.69, 9.17) is 4.74 Å². The summed E-state index contributed by atoms with van der Waals surface area (Å²) >= 11 is 0. The van der Waals surface area contributed by atoms with Crippen molar-refractivity contribution in [3.8, 4) is 22.8 Å². The van der Waals surface area contributed by atoms with Crippen LogP contribution in [0.15, 0.2) is 42.6 Å². The molecule has 146 valence electrons. The minimum Gasteiger partial charge on any atom is -0.449 e. The molecule has 1 aliphatic rings. The summed E-state index contributed by atoms with van der Waals surface area (Å²) in [5.74, 6) is 1.95. The second kappa shape index (κ2) is 5.82. The van der Waals surface area contributed by atoms with E-state index in [1.54, 1.807) is 0 Å². The summed E-state index contributed by atoms with van der Waals surface area (Å²) < 4.78 is 8.90. The molecule has 0 atom stereocenters. The Morgan fingerprint density at radius 3 is 2.38 bits per heavy atom. The van der Waals surface area contributed by atoms with Crippen molar-refractivity contribution in [3.05, 3.63) is 64.8 Å². The van der Waals surface area contributed by atoms with Crippen LogP contribution < -0.4 is 9.30 Å².